The van der Waals surface area contributed by atoms with Gasteiger partial charge in [-0.05, 0) is 55.9 Å². The van der Waals surface area contributed by atoms with E-state index in [1.54, 1.807) is 0 Å². The maximum absolute atomic E-state index is 12.7. The Kier molecular flexibility index (Phi) is 4.11. The Hall–Kier alpha value is -2.30. The molecule has 2 aromatic rings. The Morgan fingerprint density at radius 2 is 1.96 bits per heavy atom. The van der Waals surface area contributed by atoms with Crippen molar-refractivity contribution in [3.8, 4) is 0 Å². The molecule has 5 heteroatoms. The number of rotatable bonds is 3. The van der Waals surface area contributed by atoms with Crippen molar-refractivity contribution in [1.82, 2.24) is 9.88 Å². The molecule has 1 aliphatic heterocycles. The number of carboxylic acids is 1. The molecule has 2 N–H and O–H groups in total. The number of hydrogen-bond acceptors (Lipinski definition) is 2. The number of nitrogens with zero attached hydrogens (tertiary/aromatic N) is 1. The number of aromatic amines is 1. The van der Waals surface area contributed by atoms with Crippen LogP contribution in [-0.4, -0.2) is 40.0 Å². The van der Waals surface area contributed by atoms with Crippen LogP contribution in [0.1, 0.15) is 40.9 Å². The van der Waals surface area contributed by atoms with Crippen LogP contribution in [0.4, 0.5) is 0 Å². The lowest BCUT2D eigenvalue weighted by Gasteiger charge is -2.31. The van der Waals surface area contributed by atoms with E-state index in [0.29, 0.717) is 18.8 Å². The van der Waals surface area contributed by atoms with Crippen LogP contribution in [0.15, 0.2) is 18.2 Å². The molecule has 5 nitrogen and oxygen atoms in total. The number of benzene rings is 1. The van der Waals surface area contributed by atoms with E-state index in [4.69, 9.17) is 5.11 Å². The van der Waals surface area contributed by atoms with Crippen LogP contribution < -0.4 is 0 Å². The smallest absolute Gasteiger partial charge is 0.303 e. The van der Waals surface area contributed by atoms with Crippen molar-refractivity contribution in [2.24, 2.45) is 5.92 Å². The van der Waals surface area contributed by atoms with Crippen LogP contribution in [0.3, 0.4) is 0 Å². The number of amides is 1. The molecule has 23 heavy (non-hydrogen) atoms. The number of aromatic nitrogens is 1. The van der Waals surface area contributed by atoms with Crippen LogP contribution in [0.25, 0.3) is 10.9 Å². The molecule has 0 aliphatic carbocycles. The van der Waals surface area contributed by atoms with Crippen LogP contribution in [0, 0.1) is 19.8 Å². The molecule has 3 rings (SSSR count). The number of carbonyl (C=O) groups is 2. The Morgan fingerprint density at radius 1 is 1.26 bits per heavy atom. The van der Waals surface area contributed by atoms with Crippen LogP contribution in [0.5, 0.6) is 0 Å². The van der Waals surface area contributed by atoms with Gasteiger partial charge < -0.3 is 15.0 Å². The van der Waals surface area contributed by atoms with E-state index in [1.165, 1.54) is 11.1 Å². The van der Waals surface area contributed by atoms with Crippen molar-refractivity contribution in [3.05, 3.63) is 35.0 Å². The highest BCUT2D eigenvalue weighted by Crippen LogP contribution is 2.25. The topological polar surface area (TPSA) is 73.4 Å². The third kappa shape index (κ3) is 3.09. The van der Waals surface area contributed by atoms with Gasteiger partial charge in [0, 0.05) is 30.4 Å². The summed E-state index contributed by atoms with van der Waals surface area (Å²) in [5.41, 5.74) is 4.01. The van der Waals surface area contributed by atoms with E-state index >= 15 is 0 Å². The van der Waals surface area contributed by atoms with Gasteiger partial charge in [-0.1, -0.05) is 6.07 Å². The standard InChI is InChI=1S/C18H22N2O3/c1-11-3-4-15-14(12(11)2)10-16(19-15)18(23)20-7-5-13(6-8-20)9-17(21)22/h3-4,10,13,19H,5-9H2,1-2H3,(H,21,22). The lowest BCUT2D eigenvalue weighted by atomic mass is 9.93. The third-order valence-corrected chi connectivity index (χ3v) is 4.94. The molecule has 1 fully saturated rings. The monoisotopic (exact) mass is 314 g/mol. The van der Waals surface area contributed by atoms with E-state index < -0.39 is 5.97 Å². The number of carboxylic acid groups (broad SMARTS) is 1. The second-order valence-electron chi connectivity index (χ2n) is 6.49. The number of H-pyrrole nitrogens is 1. The van der Waals surface area contributed by atoms with E-state index in [2.05, 4.69) is 24.9 Å². The first-order valence-electron chi connectivity index (χ1n) is 8.05. The quantitative estimate of drug-likeness (QED) is 0.914. The zero-order chi connectivity index (χ0) is 16.6. The molecule has 1 aromatic carbocycles. The molecule has 1 amide bonds. The van der Waals surface area contributed by atoms with Crippen molar-refractivity contribution >= 4 is 22.8 Å². The Balaban J connectivity index is 1.74. The number of likely N-dealkylation sites (tertiary alicyclic amines) is 1. The van der Waals surface area contributed by atoms with Crippen molar-refractivity contribution in [2.75, 3.05) is 13.1 Å². The SMILES string of the molecule is Cc1ccc2[nH]c(C(=O)N3CCC(CC(=O)O)CC3)cc2c1C. The predicted octanol–water partition coefficient (Wildman–Crippen LogP) is 3.11. The Bertz CT molecular complexity index is 755. The van der Waals surface area contributed by atoms with Crippen molar-refractivity contribution in [3.63, 3.8) is 0 Å². The molecule has 122 valence electrons. The molecule has 2 heterocycles. The summed E-state index contributed by atoms with van der Waals surface area (Å²) in [4.78, 5) is 28.5. The summed E-state index contributed by atoms with van der Waals surface area (Å²) in [7, 11) is 0. The molecular formula is C18H22N2O3. The molecule has 0 unspecified atom stereocenters. The van der Waals surface area contributed by atoms with Gasteiger partial charge in [0.05, 0.1) is 0 Å². The fraction of sp³-hybridized carbons (Fsp3) is 0.444. The molecule has 1 aromatic heterocycles. The van der Waals surface area contributed by atoms with Crippen molar-refractivity contribution in [2.45, 2.75) is 33.1 Å². The van der Waals surface area contributed by atoms with Gasteiger partial charge >= 0.3 is 5.97 Å². The lowest BCUT2D eigenvalue weighted by molar-refractivity contribution is -0.138. The van der Waals surface area contributed by atoms with E-state index in [1.807, 2.05) is 17.0 Å². The highest BCUT2D eigenvalue weighted by molar-refractivity contribution is 5.99. The molecule has 0 spiro atoms. The summed E-state index contributed by atoms with van der Waals surface area (Å²) in [6.45, 7) is 5.39. The van der Waals surface area contributed by atoms with Gasteiger partial charge in [-0.2, -0.15) is 0 Å². The van der Waals surface area contributed by atoms with Gasteiger partial charge in [0.25, 0.3) is 5.91 Å². The summed E-state index contributed by atoms with van der Waals surface area (Å²) in [5, 5.41) is 9.95. The number of aryl methyl sites for hydroxylation is 2. The average Bonchev–Trinajstić information content (AvgIpc) is 2.95. The summed E-state index contributed by atoms with van der Waals surface area (Å²) in [6, 6.07) is 6.00. The van der Waals surface area contributed by atoms with Gasteiger partial charge in [-0.25, -0.2) is 0 Å². The molecule has 0 atom stereocenters. The number of carbonyl (C=O) groups excluding carboxylic acids is 1. The summed E-state index contributed by atoms with van der Waals surface area (Å²) in [5.74, 6) is -0.563. The van der Waals surface area contributed by atoms with Gasteiger partial charge in [-0.3, -0.25) is 9.59 Å². The van der Waals surface area contributed by atoms with E-state index in [9.17, 15) is 9.59 Å². The largest absolute Gasteiger partial charge is 0.481 e. The molecule has 1 saturated heterocycles. The van der Waals surface area contributed by atoms with Crippen molar-refractivity contribution < 1.29 is 14.7 Å². The zero-order valence-corrected chi connectivity index (χ0v) is 13.6. The maximum atomic E-state index is 12.7. The fourth-order valence-electron chi connectivity index (χ4n) is 3.33. The predicted molar refractivity (Wildman–Crippen MR) is 88.7 cm³/mol. The molecule has 1 aliphatic rings. The van der Waals surface area contributed by atoms with Crippen LogP contribution >= 0.6 is 0 Å². The Morgan fingerprint density at radius 3 is 2.61 bits per heavy atom. The van der Waals surface area contributed by atoms with Crippen LogP contribution in [0.2, 0.25) is 0 Å². The Labute approximate surface area is 135 Å². The highest BCUT2D eigenvalue weighted by atomic mass is 16.4. The molecular weight excluding hydrogens is 292 g/mol. The minimum absolute atomic E-state index is 0.00651. The van der Waals surface area contributed by atoms with Crippen molar-refractivity contribution in [1.29, 1.82) is 0 Å². The average molecular weight is 314 g/mol. The number of piperidine rings is 1. The van der Waals surface area contributed by atoms with Gasteiger partial charge in [0.2, 0.25) is 0 Å². The van der Waals surface area contributed by atoms with Gasteiger partial charge in [0.1, 0.15) is 5.69 Å². The second-order valence-corrected chi connectivity index (χ2v) is 6.49. The molecule has 0 saturated carbocycles. The van der Waals surface area contributed by atoms with E-state index in [-0.39, 0.29) is 18.2 Å². The fourth-order valence-corrected chi connectivity index (χ4v) is 3.33. The third-order valence-electron chi connectivity index (χ3n) is 4.94. The summed E-state index contributed by atoms with van der Waals surface area (Å²) < 4.78 is 0. The number of hydrogen-bond donors (Lipinski definition) is 2. The number of nitrogens with one attached hydrogen (secondary N) is 1. The van der Waals surface area contributed by atoms with Gasteiger partial charge in [-0.15, -0.1) is 0 Å². The van der Waals surface area contributed by atoms with Gasteiger partial charge in [0.15, 0.2) is 0 Å². The number of fused-ring (bicyclic) bond motifs is 1. The van der Waals surface area contributed by atoms with E-state index in [0.717, 1.165) is 23.7 Å². The summed E-state index contributed by atoms with van der Waals surface area (Å²) in [6.07, 6.45) is 1.72. The zero-order valence-electron chi connectivity index (χ0n) is 13.6. The number of aliphatic carboxylic acids is 1. The highest BCUT2D eigenvalue weighted by Gasteiger charge is 2.25. The van der Waals surface area contributed by atoms with Crippen LogP contribution in [-0.2, 0) is 4.79 Å². The first-order valence-corrected chi connectivity index (χ1v) is 8.05. The minimum Gasteiger partial charge on any atom is -0.481 e. The normalized spacial score (nSPS) is 16.0. The minimum atomic E-state index is -0.753. The summed E-state index contributed by atoms with van der Waals surface area (Å²) >= 11 is 0. The molecule has 0 radical (unpaired) electrons. The second kappa shape index (κ2) is 6.07. The maximum Gasteiger partial charge on any atom is 0.303 e. The molecule has 0 bridgehead atoms. The first kappa shape index (κ1) is 15.6. The first-order chi connectivity index (χ1) is 11.0. The lowest BCUT2D eigenvalue weighted by Crippen LogP contribution is -2.39.